The average Bonchev–Trinajstić information content (AvgIpc) is 2.75. The van der Waals surface area contributed by atoms with Crippen LogP contribution in [0.25, 0.3) is 22.2 Å². The molecule has 0 unspecified atom stereocenters. The summed E-state index contributed by atoms with van der Waals surface area (Å²) in [5, 5.41) is 4.96. The van der Waals surface area contributed by atoms with Gasteiger partial charge in [0, 0.05) is 23.2 Å². The van der Waals surface area contributed by atoms with E-state index in [9.17, 15) is 0 Å². The molecule has 0 aliphatic carbocycles. The van der Waals surface area contributed by atoms with E-state index in [0.29, 0.717) is 5.88 Å². The van der Waals surface area contributed by atoms with Crippen LogP contribution in [0.2, 0.25) is 0 Å². The van der Waals surface area contributed by atoms with E-state index in [-0.39, 0.29) is 0 Å². The molecule has 0 fully saturated rings. The van der Waals surface area contributed by atoms with Crippen LogP contribution >= 0.6 is 0 Å². The molecular formula is C12H9N3O. The van der Waals surface area contributed by atoms with Crippen LogP contribution in [0.4, 0.5) is 5.88 Å². The quantitative estimate of drug-likeness (QED) is 0.671. The van der Waals surface area contributed by atoms with Crippen LogP contribution in [-0.2, 0) is 0 Å². The maximum atomic E-state index is 5.48. The molecule has 4 heteroatoms. The Balaban J connectivity index is 2.18. The molecule has 0 aliphatic rings. The van der Waals surface area contributed by atoms with Crippen molar-refractivity contribution in [1.82, 2.24) is 10.1 Å². The number of anilines is 1. The van der Waals surface area contributed by atoms with Crippen molar-refractivity contribution in [2.24, 2.45) is 0 Å². The van der Waals surface area contributed by atoms with Crippen LogP contribution in [-0.4, -0.2) is 10.1 Å². The van der Waals surface area contributed by atoms with E-state index in [4.69, 9.17) is 10.3 Å². The molecule has 2 N–H and O–H groups in total. The van der Waals surface area contributed by atoms with Gasteiger partial charge in [0.2, 0.25) is 5.88 Å². The van der Waals surface area contributed by atoms with Crippen LogP contribution < -0.4 is 5.73 Å². The van der Waals surface area contributed by atoms with Crippen LogP contribution in [0.3, 0.4) is 0 Å². The summed E-state index contributed by atoms with van der Waals surface area (Å²) in [5.41, 5.74) is 8.09. The van der Waals surface area contributed by atoms with Gasteiger partial charge in [-0.15, -0.1) is 0 Å². The second kappa shape index (κ2) is 3.34. The first-order chi connectivity index (χ1) is 7.83. The number of hydrogen-bond donors (Lipinski definition) is 1. The van der Waals surface area contributed by atoms with E-state index in [0.717, 1.165) is 22.2 Å². The molecular weight excluding hydrogens is 202 g/mol. The van der Waals surface area contributed by atoms with Crippen molar-refractivity contribution in [3.8, 4) is 11.3 Å². The van der Waals surface area contributed by atoms with Gasteiger partial charge in [0.05, 0.1) is 5.52 Å². The number of rotatable bonds is 1. The third kappa shape index (κ3) is 1.40. The summed E-state index contributed by atoms with van der Waals surface area (Å²) >= 11 is 0. The van der Waals surface area contributed by atoms with Crippen LogP contribution in [0.5, 0.6) is 0 Å². The number of nitrogens with two attached hydrogens (primary N) is 1. The second-order valence-corrected chi connectivity index (χ2v) is 3.53. The smallest absolute Gasteiger partial charge is 0.222 e. The zero-order chi connectivity index (χ0) is 11.0. The van der Waals surface area contributed by atoms with Gasteiger partial charge in [0.1, 0.15) is 5.69 Å². The van der Waals surface area contributed by atoms with Crippen molar-refractivity contribution in [2.75, 3.05) is 5.73 Å². The van der Waals surface area contributed by atoms with E-state index in [1.807, 2.05) is 30.3 Å². The maximum Gasteiger partial charge on any atom is 0.222 e. The van der Waals surface area contributed by atoms with E-state index in [1.165, 1.54) is 0 Å². The fraction of sp³-hybridized carbons (Fsp3) is 0. The molecule has 0 amide bonds. The highest BCUT2D eigenvalue weighted by Crippen LogP contribution is 2.23. The lowest BCUT2D eigenvalue weighted by atomic mass is 10.1. The summed E-state index contributed by atoms with van der Waals surface area (Å²) in [5.74, 6) is 0.316. The predicted molar refractivity (Wildman–Crippen MR) is 61.7 cm³/mol. The second-order valence-electron chi connectivity index (χ2n) is 3.53. The third-order valence-corrected chi connectivity index (χ3v) is 2.43. The lowest BCUT2D eigenvalue weighted by molar-refractivity contribution is 0.439. The fourth-order valence-electron chi connectivity index (χ4n) is 1.65. The molecule has 16 heavy (non-hydrogen) atoms. The minimum absolute atomic E-state index is 0.316. The summed E-state index contributed by atoms with van der Waals surface area (Å²) in [7, 11) is 0. The highest BCUT2D eigenvalue weighted by molar-refractivity contribution is 5.83. The molecule has 2 heterocycles. The standard InChI is InChI=1S/C12H9N3O/c13-12-7-11(15-16-12)9-4-3-8-2-1-5-14-10(8)6-9/h1-7H,13H2. The predicted octanol–water partition coefficient (Wildman–Crippen LogP) is 2.47. The van der Waals surface area contributed by atoms with Crippen molar-refractivity contribution < 1.29 is 4.52 Å². The Morgan fingerprint density at radius 3 is 2.88 bits per heavy atom. The zero-order valence-electron chi connectivity index (χ0n) is 8.42. The normalized spacial score (nSPS) is 10.8. The van der Waals surface area contributed by atoms with Crippen molar-refractivity contribution in [1.29, 1.82) is 0 Å². The number of benzene rings is 1. The number of aromatic nitrogens is 2. The van der Waals surface area contributed by atoms with E-state index < -0.39 is 0 Å². The van der Waals surface area contributed by atoms with Gasteiger partial charge >= 0.3 is 0 Å². The SMILES string of the molecule is Nc1cc(-c2ccc3cccnc3c2)no1. The van der Waals surface area contributed by atoms with Gasteiger partial charge in [0.15, 0.2) is 0 Å². The molecule has 0 saturated carbocycles. The van der Waals surface area contributed by atoms with Gasteiger partial charge in [-0.1, -0.05) is 23.4 Å². The first-order valence-corrected chi connectivity index (χ1v) is 4.90. The molecule has 0 spiro atoms. The number of pyridine rings is 1. The molecule has 0 saturated heterocycles. The largest absolute Gasteiger partial charge is 0.368 e. The highest BCUT2D eigenvalue weighted by Gasteiger charge is 2.05. The summed E-state index contributed by atoms with van der Waals surface area (Å²) in [6.07, 6.45) is 1.77. The van der Waals surface area contributed by atoms with Gasteiger partial charge in [0.25, 0.3) is 0 Å². The number of fused-ring (bicyclic) bond motifs is 1. The minimum atomic E-state index is 0.316. The number of nitrogens with zero attached hydrogens (tertiary/aromatic N) is 2. The van der Waals surface area contributed by atoms with Crippen LogP contribution in [0.15, 0.2) is 47.1 Å². The molecule has 0 bridgehead atoms. The summed E-state index contributed by atoms with van der Waals surface area (Å²) < 4.78 is 4.84. The average molecular weight is 211 g/mol. The van der Waals surface area contributed by atoms with Crippen LogP contribution in [0, 0.1) is 0 Å². The molecule has 0 aliphatic heterocycles. The Labute approximate surface area is 91.7 Å². The van der Waals surface area contributed by atoms with Gasteiger partial charge in [-0.05, 0) is 12.1 Å². The molecule has 1 aromatic carbocycles. The van der Waals surface area contributed by atoms with E-state index >= 15 is 0 Å². The lowest BCUT2D eigenvalue weighted by Crippen LogP contribution is -1.81. The topological polar surface area (TPSA) is 64.9 Å². The first kappa shape index (κ1) is 8.91. The Kier molecular flexibility index (Phi) is 1.86. The Bertz CT molecular complexity index is 645. The molecule has 4 nitrogen and oxygen atoms in total. The molecule has 78 valence electrons. The van der Waals surface area contributed by atoms with Gasteiger partial charge < -0.3 is 10.3 Å². The van der Waals surface area contributed by atoms with Crippen molar-refractivity contribution in [3.63, 3.8) is 0 Å². The Morgan fingerprint density at radius 1 is 1.12 bits per heavy atom. The van der Waals surface area contributed by atoms with Gasteiger partial charge in [-0.2, -0.15) is 0 Å². The van der Waals surface area contributed by atoms with Crippen molar-refractivity contribution in [2.45, 2.75) is 0 Å². The molecule has 0 atom stereocenters. The number of nitrogen functional groups attached to an aromatic ring is 1. The van der Waals surface area contributed by atoms with E-state index in [1.54, 1.807) is 12.3 Å². The molecule has 0 radical (unpaired) electrons. The van der Waals surface area contributed by atoms with Crippen molar-refractivity contribution >= 4 is 16.8 Å². The lowest BCUT2D eigenvalue weighted by Gasteiger charge is -1.98. The van der Waals surface area contributed by atoms with Gasteiger partial charge in [-0.25, -0.2) is 0 Å². The molecule has 3 rings (SSSR count). The monoisotopic (exact) mass is 211 g/mol. The summed E-state index contributed by atoms with van der Waals surface area (Å²) in [6, 6.07) is 11.6. The first-order valence-electron chi connectivity index (χ1n) is 4.90. The Morgan fingerprint density at radius 2 is 2.06 bits per heavy atom. The summed E-state index contributed by atoms with van der Waals surface area (Å²) in [4.78, 5) is 4.28. The van der Waals surface area contributed by atoms with E-state index in [2.05, 4.69) is 10.1 Å². The Hall–Kier alpha value is -2.36. The van der Waals surface area contributed by atoms with Crippen LogP contribution in [0.1, 0.15) is 0 Å². The fourth-order valence-corrected chi connectivity index (χ4v) is 1.65. The minimum Gasteiger partial charge on any atom is -0.368 e. The third-order valence-electron chi connectivity index (χ3n) is 2.43. The maximum absolute atomic E-state index is 5.48. The molecule has 2 aromatic heterocycles. The number of hydrogen-bond acceptors (Lipinski definition) is 4. The van der Waals surface area contributed by atoms with Crippen molar-refractivity contribution in [3.05, 3.63) is 42.6 Å². The zero-order valence-corrected chi connectivity index (χ0v) is 8.42. The van der Waals surface area contributed by atoms with Gasteiger partial charge in [-0.3, -0.25) is 4.98 Å². The summed E-state index contributed by atoms with van der Waals surface area (Å²) in [6.45, 7) is 0. The highest BCUT2D eigenvalue weighted by atomic mass is 16.5. The molecule has 3 aromatic rings.